The highest BCUT2D eigenvalue weighted by Crippen LogP contribution is 2.37. The van der Waals surface area contributed by atoms with Crippen LogP contribution in [0.2, 0.25) is 10.0 Å². The van der Waals surface area contributed by atoms with E-state index in [0.717, 1.165) is 10.1 Å². The number of anilines is 1. The summed E-state index contributed by atoms with van der Waals surface area (Å²) in [5, 5.41) is 4.14. The fourth-order valence-corrected chi connectivity index (χ4v) is 2.52. The minimum absolute atomic E-state index is 0.535. The van der Waals surface area contributed by atoms with Crippen LogP contribution in [0, 0.1) is 0 Å². The summed E-state index contributed by atoms with van der Waals surface area (Å²) >= 11 is 13.5. The monoisotopic (exact) mass is 217 g/mol. The third-order valence-electron chi connectivity index (χ3n) is 1.65. The number of benzene rings is 1. The van der Waals surface area contributed by atoms with E-state index in [2.05, 4.69) is 0 Å². The normalized spacial score (nSPS) is 10.8. The van der Waals surface area contributed by atoms with Gasteiger partial charge in [0.25, 0.3) is 0 Å². The van der Waals surface area contributed by atoms with Crippen LogP contribution < -0.4 is 5.73 Å². The zero-order chi connectivity index (χ0) is 8.72. The molecule has 1 nitrogen and oxygen atoms in total. The van der Waals surface area contributed by atoms with Gasteiger partial charge in [0.1, 0.15) is 0 Å². The van der Waals surface area contributed by atoms with Crippen molar-refractivity contribution >= 4 is 50.3 Å². The molecule has 2 N–H and O–H groups in total. The largest absolute Gasteiger partial charge is 0.397 e. The molecule has 0 atom stereocenters. The second-order valence-electron chi connectivity index (χ2n) is 2.42. The Bertz CT molecular complexity index is 436. The Balaban J connectivity index is 2.97. The van der Waals surface area contributed by atoms with Gasteiger partial charge < -0.3 is 5.73 Å². The topological polar surface area (TPSA) is 26.0 Å². The van der Waals surface area contributed by atoms with Gasteiger partial charge in [-0.05, 0) is 17.5 Å². The van der Waals surface area contributed by atoms with E-state index < -0.39 is 0 Å². The van der Waals surface area contributed by atoms with Gasteiger partial charge in [-0.15, -0.1) is 11.3 Å². The maximum atomic E-state index is 5.96. The Labute approximate surface area is 83.7 Å². The zero-order valence-corrected chi connectivity index (χ0v) is 8.30. The summed E-state index contributed by atoms with van der Waals surface area (Å²) in [5.41, 5.74) is 6.17. The third kappa shape index (κ3) is 1.07. The first-order valence-electron chi connectivity index (χ1n) is 3.31. The molecule has 0 unspecified atom stereocenters. The fraction of sp³-hybridized carbons (Fsp3) is 0. The van der Waals surface area contributed by atoms with Crippen molar-refractivity contribution in [1.82, 2.24) is 0 Å². The summed E-state index contributed by atoms with van der Waals surface area (Å²) in [6.07, 6.45) is 0. The Morgan fingerprint density at radius 2 is 2.08 bits per heavy atom. The number of fused-ring (bicyclic) bond motifs is 1. The summed E-state index contributed by atoms with van der Waals surface area (Å²) in [6.45, 7) is 0. The van der Waals surface area contributed by atoms with Crippen molar-refractivity contribution in [3.63, 3.8) is 0 Å². The lowest BCUT2D eigenvalue weighted by molar-refractivity contribution is 1.78. The first-order valence-corrected chi connectivity index (χ1v) is 4.94. The van der Waals surface area contributed by atoms with Crippen molar-refractivity contribution in [3.05, 3.63) is 27.6 Å². The Morgan fingerprint density at radius 1 is 1.33 bits per heavy atom. The molecule has 0 bridgehead atoms. The molecule has 0 saturated carbocycles. The molecule has 0 saturated heterocycles. The first-order chi connectivity index (χ1) is 5.70. The number of halogens is 2. The van der Waals surface area contributed by atoms with Crippen molar-refractivity contribution in [2.24, 2.45) is 0 Å². The highest BCUT2D eigenvalue weighted by Gasteiger charge is 2.07. The maximum absolute atomic E-state index is 5.96. The lowest BCUT2D eigenvalue weighted by Gasteiger charge is -2.00. The average Bonchev–Trinajstić information content (AvgIpc) is 2.48. The molecular formula is C8H5Cl2NS. The van der Waals surface area contributed by atoms with Crippen LogP contribution in [0.1, 0.15) is 0 Å². The fourth-order valence-electron chi connectivity index (χ4n) is 1.09. The third-order valence-corrected chi connectivity index (χ3v) is 3.43. The molecule has 0 aliphatic carbocycles. The Morgan fingerprint density at radius 3 is 2.83 bits per heavy atom. The molecule has 2 rings (SSSR count). The van der Waals surface area contributed by atoms with Crippen LogP contribution in [-0.2, 0) is 0 Å². The van der Waals surface area contributed by atoms with Crippen LogP contribution in [0.15, 0.2) is 17.5 Å². The van der Waals surface area contributed by atoms with Gasteiger partial charge in [-0.25, -0.2) is 0 Å². The van der Waals surface area contributed by atoms with Gasteiger partial charge in [-0.2, -0.15) is 0 Å². The van der Waals surface area contributed by atoms with Crippen LogP contribution in [-0.4, -0.2) is 0 Å². The molecule has 1 aromatic heterocycles. The van der Waals surface area contributed by atoms with Crippen molar-refractivity contribution in [1.29, 1.82) is 0 Å². The number of rotatable bonds is 0. The maximum Gasteiger partial charge on any atom is 0.0723 e. The standard InChI is InChI=1S/C8H5Cl2NS/c9-5-3-6(11)7(10)4-1-2-12-8(4)5/h1-3H,11H2. The Kier molecular flexibility index (Phi) is 1.91. The predicted molar refractivity (Wildman–Crippen MR) is 56.3 cm³/mol. The molecule has 0 aliphatic rings. The molecule has 0 spiro atoms. The van der Waals surface area contributed by atoms with Crippen LogP contribution in [0.5, 0.6) is 0 Å². The van der Waals surface area contributed by atoms with Crippen LogP contribution >= 0.6 is 34.5 Å². The van der Waals surface area contributed by atoms with Gasteiger partial charge in [0, 0.05) is 5.39 Å². The van der Waals surface area contributed by atoms with Crippen LogP contribution in [0.25, 0.3) is 10.1 Å². The smallest absolute Gasteiger partial charge is 0.0723 e. The molecular weight excluding hydrogens is 213 g/mol. The van der Waals surface area contributed by atoms with E-state index in [1.165, 1.54) is 0 Å². The SMILES string of the molecule is Nc1cc(Cl)c2sccc2c1Cl. The summed E-state index contributed by atoms with van der Waals surface area (Å²) in [4.78, 5) is 0. The van der Waals surface area contributed by atoms with E-state index in [1.807, 2.05) is 11.4 Å². The second-order valence-corrected chi connectivity index (χ2v) is 4.13. The van der Waals surface area contributed by atoms with Gasteiger partial charge in [0.2, 0.25) is 0 Å². The lowest BCUT2D eigenvalue weighted by Crippen LogP contribution is -1.85. The second kappa shape index (κ2) is 2.80. The van der Waals surface area contributed by atoms with E-state index in [4.69, 9.17) is 28.9 Å². The predicted octanol–water partition coefficient (Wildman–Crippen LogP) is 3.79. The van der Waals surface area contributed by atoms with E-state index in [-0.39, 0.29) is 0 Å². The summed E-state index contributed by atoms with van der Waals surface area (Å²) in [7, 11) is 0. The van der Waals surface area contributed by atoms with Crippen LogP contribution in [0.3, 0.4) is 0 Å². The number of nitrogens with two attached hydrogens (primary N) is 1. The molecule has 0 fully saturated rings. The molecule has 2 aromatic rings. The van der Waals surface area contributed by atoms with E-state index in [0.29, 0.717) is 15.7 Å². The quantitative estimate of drug-likeness (QED) is 0.669. The molecule has 4 heteroatoms. The summed E-state index contributed by atoms with van der Waals surface area (Å²) in [6, 6.07) is 3.60. The van der Waals surface area contributed by atoms with Gasteiger partial charge in [-0.3, -0.25) is 0 Å². The zero-order valence-electron chi connectivity index (χ0n) is 5.97. The van der Waals surface area contributed by atoms with Gasteiger partial charge in [0.05, 0.1) is 20.4 Å². The number of thiophene rings is 1. The van der Waals surface area contributed by atoms with E-state index in [9.17, 15) is 0 Å². The highest BCUT2D eigenvalue weighted by molar-refractivity contribution is 7.18. The molecule has 1 heterocycles. The van der Waals surface area contributed by atoms with Gasteiger partial charge >= 0.3 is 0 Å². The van der Waals surface area contributed by atoms with E-state index >= 15 is 0 Å². The van der Waals surface area contributed by atoms with Crippen LogP contribution in [0.4, 0.5) is 5.69 Å². The first kappa shape index (κ1) is 8.17. The minimum atomic E-state index is 0.535. The van der Waals surface area contributed by atoms with Gasteiger partial charge in [-0.1, -0.05) is 23.2 Å². The average molecular weight is 218 g/mol. The Hall–Kier alpha value is -0.440. The lowest BCUT2D eigenvalue weighted by atomic mass is 10.2. The molecule has 1 aromatic carbocycles. The molecule has 0 aliphatic heterocycles. The van der Waals surface area contributed by atoms with Crippen molar-refractivity contribution in [2.75, 3.05) is 5.73 Å². The minimum Gasteiger partial charge on any atom is -0.397 e. The molecule has 62 valence electrons. The molecule has 12 heavy (non-hydrogen) atoms. The van der Waals surface area contributed by atoms with Crippen molar-refractivity contribution < 1.29 is 0 Å². The highest BCUT2D eigenvalue weighted by atomic mass is 35.5. The number of nitrogen functional groups attached to an aromatic ring is 1. The summed E-state index contributed by atoms with van der Waals surface area (Å²) in [5.74, 6) is 0. The number of hydrogen-bond acceptors (Lipinski definition) is 2. The molecule has 0 radical (unpaired) electrons. The molecule has 0 amide bonds. The van der Waals surface area contributed by atoms with Crippen molar-refractivity contribution in [2.45, 2.75) is 0 Å². The van der Waals surface area contributed by atoms with Gasteiger partial charge in [0.15, 0.2) is 0 Å². The number of hydrogen-bond donors (Lipinski definition) is 1. The summed E-state index contributed by atoms with van der Waals surface area (Å²) < 4.78 is 0.996. The van der Waals surface area contributed by atoms with Crippen molar-refractivity contribution in [3.8, 4) is 0 Å². The van der Waals surface area contributed by atoms with E-state index in [1.54, 1.807) is 17.4 Å².